The highest BCUT2D eigenvalue weighted by atomic mass is 16.7. The molecule has 14 unspecified atom stereocenters. The number of ether oxygens (including phenoxy) is 5. The van der Waals surface area contributed by atoms with E-state index < -0.39 is 77.8 Å². The second-order valence-corrected chi connectivity index (χ2v) is 19.0. The minimum absolute atomic E-state index is 0.0108. The normalized spacial score (nSPS) is 39.4. The van der Waals surface area contributed by atoms with Crippen molar-refractivity contribution in [1.82, 2.24) is 10.2 Å². The minimum atomic E-state index is -2.51. The molecule has 3 aliphatic heterocycles. The summed E-state index contributed by atoms with van der Waals surface area (Å²) in [6.07, 6.45) is 6.54. The van der Waals surface area contributed by atoms with Gasteiger partial charge in [0.2, 0.25) is 11.7 Å². The van der Waals surface area contributed by atoms with Crippen molar-refractivity contribution in [3.05, 3.63) is 23.3 Å². The Morgan fingerprint density at radius 3 is 2.25 bits per heavy atom. The average molecular weight is 859 g/mol. The average Bonchev–Trinajstić information content (AvgIpc) is 4.10. The van der Waals surface area contributed by atoms with Gasteiger partial charge in [0.05, 0.1) is 30.5 Å². The van der Waals surface area contributed by atoms with Crippen molar-refractivity contribution < 1.29 is 57.9 Å². The molecule has 0 aromatic heterocycles. The van der Waals surface area contributed by atoms with E-state index in [-0.39, 0.29) is 67.4 Å². The van der Waals surface area contributed by atoms with Gasteiger partial charge in [-0.3, -0.25) is 19.2 Å². The molecule has 2 saturated carbocycles. The number of aliphatic hydroxyl groups excluding tert-OH is 1. The van der Waals surface area contributed by atoms with E-state index in [1.54, 1.807) is 21.0 Å². The summed E-state index contributed by atoms with van der Waals surface area (Å²) in [5.74, 6) is -7.36. The van der Waals surface area contributed by atoms with Gasteiger partial charge in [0.15, 0.2) is 0 Å². The molecule has 14 atom stereocenters. The molecule has 3 heterocycles. The molecule has 4 fully saturated rings. The number of allylic oxidation sites excluding steroid dienone is 3. The molecule has 0 radical (unpaired) electrons. The third-order valence-corrected chi connectivity index (χ3v) is 14.2. The predicted octanol–water partition coefficient (Wildman–Crippen LogP) is 5.01. The van der Waals surface area contributed by atoms with E-state index in [2.05, 4.69) is 12.2 Å². The fourth-order valence-electron chi connectivity index (χ4n) is 10.2. The Hall–Kier alpha value is -3.01. The molecule has 14 nitrogen and oxygen atoms in total. The lowest BCUT2D eigenvalue weighted by molar-refractivity contribution is -0.302. The first kappa shape index (κ1) is 49.0. The highest BCUT2D eigenvalue weighted by Gasteiger charge is 2.56. The van der Waals surface area contributed by atoms with E-state index in [1.807, 2.05) is 32.9 Å². The predicted molar refractivity (Wildman–Crippen MR) is 227 cm³/mol. The second-order valence-electron chi connectivity index (χ2n) is 19.0. The van der Waals surface area contributed by atoms with Crippen LogP contribution in [0.1, 0.15) is 125 Å². The lowest BCUT2D eigenvalue weighted by Crippen LogP contribution is -2.64. The van der Waals surface area contributed by atoms with Crippen molar-refractivity contribution in [2.24, 2.45) is 35.5 Å². The number of methoxy groups -OCH3 is 3. The summed E-state index contributed by atoms with van der Waals surface area (Å²) in [7, 11) is 4.71. The summed E-state index contributed by atoms with van der Waals surface area (Å²) in [6.45, 7) is 11.3. The van der Waals surface area contributed by atoms with Gasteiger partial charge in [-0.05, 0) is 108 Å². The van der Waals surface area contributed by atoms with E-state index in [4.69, 9.17) is 23.7 Å². The molecule has 2 bridgehead atoms. The van der Waals surface area contributed by atoms with Gasteiger partial charge in [-0.2, -0.15) is 0 Å². The first-order valence-corrected chi connectivity index (χ1v) is 22.9. The van der Waals surface area contributed by atoms with Crippen LogP contribution in [0.5, 0.6) is 0 Å². The number of aliphatic hydroxyl groups is 2. The Bertz CT molecular complexity index is 1630. The number of amides is 2. The number of Topliss-reactive ketones (excluding diaryl/α,β-unsaturated/α-hetero) is 2. The van der Waals surface area contributed by atoms with Crippen LogP contribution >= 0.6 is 0 Å². The fourth-order valence-corrected chi connectivity index (χ4v) is 10.2. The number of hydrogen-bond acceptors (Lipinski definition) is 12. The van der Waals surface area contributed by atoms with Crippen LogP contribution in [0.25, 0.3) is 0 Å². The number of esters is 1. The van der Waals surface area contributed by atoms with Crippen LogP contribution in [0, 0.1) is 35.5 Å². The van der Waals surface area contributed by atoms with Gasteiger partial charge in [0, 0.05) is 58.0 Å². The van der Waals surface area contributed by atoms with Crippen LogP contribution in [0.2, 0.25) is 0 Å². The van der Waals surface area contributed by atoms with Crippen molar-refractivity contribution in [2.45, 2.75) is 180 Å². The first-order valence-electron chi connectivity index (χ1n) is 22.9. The maximum Gasteiger partial charge on any atom is 0.329 e. The first-order chi connectivity index (χ1) is 28.9. The van der Waals surface area contributed by atoms with Gasteiger partial charge in [-0.1, -0.05) is 45.4 Å². The smallest absolute Gasteiger partial charge is 0.329 e. The summed E-state index contributed by atoms with van der Waals surface area (Å²) in [6, 6.07) is -1.25. The Morgan fingerprint density at radius 1 is 0.934 bits per heavy atom. The number of nitrogens with one attached hydrogen (secondary N) is 1. The van der Waals surface area contributed by atoms with Crippen LogP contribution < -0.4 is 5.32 Å². The Morgan fingerprint density at radius 2 is 1.61 bits per heavy atom. The number of ketones is 2. The maximum absolute atomic E-state index is 14.4. The highest BCUT2D eigenvalue weighted by molar-refractivity contribution is 6.39. The van der Waals surface area contributed by atoms with Crippen LogP contribution in [0.3, 0.4) is 0 Å². The molecule has 2 amide bonds. The zero-order chi connectivity index (χ0) is 44.8. The number of rotatable bonds is 8. The molecular weight excluding hydrogens is 785 g/mol. The molecule has 2 saturated heterocycles. The van der Waals surface area contributed by atoms with Gasteiger partial charge >= 0.3 is 5.97 Å². The maximum atomic E-state index is 14.4. The molecule has 0 aromatic rings. The number of nitrogens with zero attached hydrogens (tertiary/aromatic N) is 1. The lowest BCUT2D eigenvalue weighted by atomic mass is 9.80. The van der Waals surface area contributed by atoms with Gasteiger partial charge in [-0.25, -0.2) is 4.79 Å². The van der Waals surface area contributed by atoms with Crippen molar-refractivity contribution in [2.75, 3.05) is 27.9 Å². The van der Waals surface area contributed by atoms with E-state index in [0.717, 1.165) is 24.8 Å². The van der Waals surface area contributed by atoms with Crippen molar-refractivity contribution in [3.63, 3.8) is 0 Å². The van der Waals surface area contributed by atoms with Gasteiger partial charge < -0.3 is 44.1 Å². The second kappa shape index (κ2) is 21.6. The third kappa shape index (κ3) is 11.8. The molecule has 2 aliphatic carbocycles. The summed E-state index contributed by atoms with van der Waals surface area (Å²) >= 11 is 0. The quantitative estimate of drug-likeness (QED) is 0.169. The van der Waals surface area contributed by atoms with E-state index in [0.29, 0.717) is 50.5 Å². The molecule has 5 rings (SSSR count). The minimum Gasteiger partial charge on any atom is -0.456 e. The standard InChI is InChI=1S/C47H74N2O12/c1-10-32-20-26(2)19-27(3)21-39(58-8)42-40(59-9)23-29(5)47(56,61-42)43(52)45(54)49-18-12-11-13-35(49)46(55)60-41(30(6)36(50)25-37(32)51)28(4)22-31-14-17-34(38(24-31)57-7)48-44(53)33-15-16-33/h20,22,27,29-36,38-42,50,56H,10-19,21,23-25H2,1-9H3,(H,48,53). The van der Waals surface area contributed by atoms with E-state index in [9.17, 15) is 34.2 Å². The zero-order valence-corrected chi connectivity index (χ0v) is 38.1. The molecular formula is C47H74N2O12. The Balaban J connectivity index is 1.49. The summed E-state index contributed by atoms with van der Waals surface area (Å²) in [5, 5.41) is 27.0. The number of hydrogen-bond donors (Lipinski definition) is 3. The molecule has 5 aliphatic rings. The molecule has 0 spiro atoms. The highest BCUT2D eigenvalue weighted by Crippen LogP contribution is 2.39. The van der Waals surface area contributed by atoms with E-state index >= 15 is 0 Å². The number of piperidine rings is 1. The zero-order valence-electron chi connectivity index (χ0n) is 38.1. The van der Waals surface area contributed by atoms with Gasteiger partial charge in [-0.15, -0.1) is 0 Å². The number of carbonyl (C=O) groups excluding carboxylic acids is 5. The van der Waals surface area contributed by atoms with Gasteiger partial charge in [0.1, 0.15) is 24.0 Å². The number of carbonyl (C=O) groups is 5. The molecule has 61 heavy (non-hydrogen) atoms. The largest absolute Gasteiger partial charge is 0.456 e. The third-order valence-electron chi connectivity index (χ3n) is 14.2. The summed E-state index contributed by atoms with van der Waals surface area (Å²) in [5.41, 5.74) is 1.67. The van der Waals surface area contributed by atoms with Crippen molar-refractivity contribution >= 4 is 29.4 Å². The van der Waals surface area contributed by atoms with Gasteiger partial charge in [0.25, 0.3) is 11.7 Å². The summed E-state index contributed by atoms with van der Waals surface area (Å²) in [4.78, 5) is 70.7. The molecule has 0 aromatic carbocycles. The molecule has 3 N–H and O–H groups in total. The van der Waals surface area contributed by atoms with Crippen molar-refractivity contribution in [1.29, 1.82) is 0 Å². The SMILES string of the molecule is CCC1C=C(C)CC(C)CC(OC)C2OC(O)(C(=O)C(=O)N3CCCCC3C(=O)OC(C(C)=CC3CCC(NC(=O)C4CC4)C(OC)C3)C(C)C(O)CC1=O)C(C)CC2OC. The lowest BCUT2D eigenvalue weighted by Gasteiger charge is -2.47. The van der Waals surface area contributed by atoms with Crippen LogP contribution in [0.4, 0.5) is 0 Å². The fraction of sp³-hybridized carbons (Fsp3) is 0.809. The molecule has 344 valence electrons. The van der Waals surface area contributed by atoms with Crippen LogP contribution in [-0.2, 0) is 47.7 Å². The topological polar surface area (TPSA) is 187 Å². The number of fused-ring (bicyclic) bond motifs is 3. The van der Waals surface area contributed by atoms with Crippen LogP contribution in [0.15, 0.2) is 23.3 Å². The van der Waals surface area contributed by atoms with Crippen molar-refractivity contribution in [3.8, 4) is 0 Å². The monoisotopic (exact) mass is 859 g/mol. The molecule has 14 heteroatoms. The Kier molecular flexibility index (Phi) is 17.3. The number of cyclic esters (lactones) is 1. The summed E-state index contributed by atoms with van der Waals surface area (Å²) < 4.78 is 30.2. The Labute approximate surface area is 362 Å². The van der Waals surface area contributed by atoms with Crippen LogP contribution in [-0.4, -0.2) is 127 Å². The van der Waals surface area contributed by atoms with E-state index in [1.165, 1.54) is 19.1 Å².